The van der Waals surface area contributed by atoms with Gasteiger partial charge in [0.25, 0.3) is 11.8 Å². The van der Waals surface area contributed by atoms with Gasteiger partial charge in [-0.1, -0.05) is 5.16 Å². The molecule has 9 N–H and O–H groups in total. The van der Waals surface area contributed by atoms with Crippen LogP contribution in [-0.4, -0.2) is 95.1 Å². The fraction of sp³-hybridized carbons (Fsp3) is 0.320. The minimum Gasteiger partial charge on any atom is -0.504 e. The van der Waals surface area contributed by atoms with Crippen molar-refractivity contribution >= 4 is 69.4 Å². The number of anilines is 2. The van der Waals surface area contributed by atoms with Crippen molar-refractivity contribution in [1.29, 1.82) is 0 Å². The molecule has 2 aliphatic rings. The molecule has 0 unspecified atom stereocenters. The largest absolute Gasteiger partial charge is 0.504 e. The van der Waals surface area contributed by atoms with Crippen molar-refractivity contribution in [2.75, 3.05) is 23.3 Å². The van der Waals surface area contributed by atoms with Gasteiger partial charge in [0.05, 0.1) is 0 Å². The number of nitrogens with one attached hydrogen (secondary N) is 3. The molecule has 2 atom stereocenters. The van der Waals surface area contributed by atoms with Gasteiger partial charge in [-0.3, -0.25) is 14.5 Å². The van der Waals surface area contributed by atoms with E-state index in [1.165, 1.54) is 43.1 Å². The summed E-state index contributed by atoms with van der Waals surface area (Å²) in [6.45, 7) is 2.45. The summed E-state index contributed by atoms with van der Waals surface area (Å²) >= 11 is 2.19. The SMILES string of the molecule is CC(C)(O/N=C(\C(=O)N[C@@H]1C(=O)N2C(C(=O)O)=C(CCNC(=O)Nc3ccc(O)c(O)c3)CS[C@H]12)c1csc(N)n1)C(=O)O. The van der Waals surface area contributed by atoms with E-state index in [1.807, 2.05) is 0 Å². The molecule has 0 saturated carbocycles. The van der Waals surface area contributed by atoms with Crippen molar-refractivity contribution in [3.63, 3.8) is 0 Å². The number of urea groups is 1. The summed E-state index contributed by atoms with van der Waals surface area (Å²) in [5, 5.41) is 50.1. The number of hydrogen-bond donors (Lipinski definition) is 8. The van der Waals surface area contributed by atoms with Gasteiger partial charge in [-0.25, -0.2) is 19.4 Å². The van der Waals surface area contributed by atoms with Crippen molar-refractivity contribution in [1.82, 2.24) is 20.5 Å². The van der Waals surface area contributed by atoms with E-state index in [0.717, 1.165) is 22.3 Å². The molecule has 4 amide bonds. The highest BCUT2D eigenvalue weighted by atomic mass is 32.2. The van der Waals surface area contributed by atoms with Crippen molar-refractivity contribution in [2.24, 2.45) is 5.16 Å². The number of thiazole rings is 1. The molecule has 0 spiro atoms. The van der Waals surface area contributed by atoms with Crippen LogP contribution >= 0.6 is 23.1 Å². The number of hydrogen-bond acceptors (Lipinski definition) is 13. The standard InChI is InChI=1S/C25H27N7O10S2/c1-25(2,22(39)40)42-31-15(12-9-44-23(26)29-12)18(35)30-16-19(36)32-17(21(37)38)10(8-43-20(16)32)5-6-27-24(41)28-11-3-4-13(33)14(34)7-11/h3-4,7,9,16,20,33-34H,5-6,8H2,1-2H3,(H2,26,29)(H,30,35)(H,37,38)(H,39,40)(H2,27,28,41)/b31-15-/t16-,20-/m1/s1. The zero-order valence-electron chi connectivity index (χ0n) is 23.1. The normalized spacial score (nSPS) is 18.2. The summed E-state index contributed by atoms with van der Waals surface area (Å²) in [5.74, 6) is -4.93. The van der Waals surface area contributed by atoms with Crippen molar-refractivity contribution in [2.45, 2.75) is 37.3 Å². The predicted octanol–water partition coefficient (Wildman–Crippen LogP) is 0.671. The topological polar surface area (TPSA) is 266 Å². The van der Waals surface area contributed by atoms with Gasteiger partial charge in [0.15, 0.2) is 22.3 Å². The van der Waals surface area contributed by atoms with Crippen LogP contribution in [0.4, 0.5) is 15.6 Å². The number of β-lactam (4-membered cyclic amide) rings is 1. The van der Waals surface area contributed by atoms with Gasteiger partial charge < -0.3 is 46.9 Å². The molecule has 4 rings (SSSR count). The average Bonchev–Trinajstić information content (AvgIpc) is 3.38. The fourth-order valence-corrected chi connectivity index (χ4v) is 5.92. The molecule has 44 heavy (non-hydrogen) atoms. The van der Waals surface area contributed by atoms with Crippen LogP contribution in [0.3, 0.4) is 0 Å². The molecule has 19 heteroatoms. The number of oxime groups is 1. The Bertz CT molecular complexity index is 1590. The number of carbonyl (C=O) groups excluding carboxylic acids is 3. The van der Waals surface area contributed by atoms with Crippen LogP contribution in [0.1, 0.15) is 26.0 Å². The van der Waals surface area contributed by atoms with Crippen molar-refractivity contribution < 1.29 is 49.2 Å². The number of rotatable bonds is 11. The quantitative estimate of drug-likeness (QED) is 0.0548. The van der Waals surface area contributed by atoms with Gasteiger partial charge in [-0.05, 0) is 38.0 Å². The lowest BCUT2D eigenvalue weighted by atomic mass is 10.0. The summed E-state index contributed by atoms with van der Waals surface area (Å²) in [6.07, 6.45) is 0.0924. The number of nitrogens with zero attached hydrogens (tertiary/aromatic N) is 3. The van der Waals surface area contributed by atoms with Crippen molar-refractivity contribution in [3.05, 3.63) is 40.5 Å². The Balaban J connectivity index is 1.42. The van der Waals surface area contributed by atoms with E-state index >= 15 is 0 Å². The first-order valence-corrected chi connectivity index (χ1v) is 14.6. The first-order chi connectivity index (χ1) is 20.7. The van der Waals surface area contributed by atoms with Crippen LogP contribution in [0, 0.1) is 0 Å². The average molecular weight is 650 g/mol. The van der Waals surface area contributed by atoms with E-state index in [2.05, 4.69) is 26.1 Å². The summed E-state index contributed by atoms with van der Waals surface area (Å²) in [6, 6.07) is 1.93. The lowest BCUT2D eigenvalue weighted by Gasteiger charge is -2.49. The molecule has 234 valence electrons. The number of phenolic OH excluding ortho intramolecular Hbond substituents is 2. The summed E-state index contributed by atoms with van der Waals surface area (Å²) < 4.78 is 0. The van der Waals surface area contributed by atoms with Crippen LogP contribution in [0.15, 0.2) is 40.0 Å². The number of phenols is 2. The molecule has 2 aromatic rings. The number of amides is 4. The number of nitrogens with two attached hydrogens (primary N) is 1. The lowest BCUT2D eigenvalue weighted by Crippen LogP contribution is -2.71. The van der Waals surface area contributed by atoms with Gasteiger partial charge in [0.1, 0.15) is 22.8 Å². The molecule has 1 aromatic heterocycles. The van der Waals surface area contributed by atoms with E-state index in [-0.39, 0.29) is 46.7 Å². The molecular weight excluding hydrogens is 622 g/mol. The number of aromatic hydroxyl groups is 2. The Morgan fingerprint density at radius 1 is 1.20 bits per heavy atom. The summed E-state index contributed by atoms with van der Waals surface area (Å²) in [5.41, 5.74) is 3.75. The van der Waals surface area contributed by atoms with Crippen LogP contribution in [0.2, 0.25) is 0 Å². The zero-order chi connectivity index (χ0) is 32.3. The lowest BCUT2D eigenvalue weighted by molar-refractivity contribution is -0.161. The second kappa shape index (κ2) is 12.7. The van der Waals surface area contributed by atoms with Crippen LogP contribution in [0.5, 0.6) is 11.5 Å². The molecule has 3 heterocycles. The monoisotopic (exact) mass is 649 g/mol. The maximum atomic E-state index is 13.2. The number of aliphatic carboxylic acids is 2. The number of benzene rings is 1. The molecule has 1 aromatic carbocycles. The van der Waals surface area contributed by atoms with Gasteiger partial charge in [0, 0.05) is 29.4 Å². The molecule has 0 bridgehead atoms. The Hall–Kier alpha value is -5.04. The Morgan fingerprint density at radius 2 is 1.93 bits per heavy atom. The molecule has 0 radical (unpaired) electrons. The van der Waals surface area contributed by atoms with Gasteiger partial charge in [-0.15, -0.1) is 23.1 Å². The molecule has 1 fully saturated rings. The minimum absolute atomic E-state index is 0.0126. The highest BCUT2D eigenvalue weighted by Crippen LogP contribution is 2.41. The Labute approximate surface area is 256 Å². The number of carboxylic acids is 2. The van der Waals surface area contributed by atoms with E-state index < -0.39 is 58.3 Å². The second-order valence-corrected chi connectivity index (χ2v) is 11.9. The Kier molecular flexibility index (Phi) is 9.19. The van der Waals surface area contributed by atoms with E-state index in [1.54, 1.807) is 0 Å². The van der Waals surface area contributed by atoms with Crippen LogP contribution < -0.4 is 21.7 Å². The first-order valence-electron chi connectivity index (χ1n) is 12.7. The van der Waals surface area contributed by atoms with Gasteiger partial charge >= 0.3 is 18.0 Å². The summed E-state index contributed by atoms with van der Waals surface area (Å²) in [4.78, 5) is 72.2. The van der Waals surface area contributed by atoms with E-state index in [0.29, 0.717) is 5.57 Å². The maximum absolute atomic E-state index is 13.2. The third-order valence-corrected chi connectivity index (χ3v) is 8.36. The number of carbonyl (C=O) groups is 5. The van der Waals surface area contributed by atoms with E-state index in [9.17, 15) is 44.4 Å². The highest BCUT2D eigenvalue weighted by molar-refractivity contribution is 8.00. The first kappa shape index (κ1) is 31.9. The zero-order valence-corrected chi connectivity index (χ0v) is 24.7. The third-order valence-electron chi connectivity index (χ3n) is 6.34. The number of thioether (sulfide) groups is 1. The minimum atomic E-state index is -1.79. The molecule has 1 saturated heterocycles. The number of aromatic nitrogens is 1. The van der Waals surface area contributed by atoms with E-state index in [4.69, 9.17) is 10.6 Å². The molecule has 2 aliphatic heterocycles. The maximum Gasteiger partial charge on any atom is 0.352 e. The van der Waals surface area contributed by atoms with Gasteiger partial charge in [0.2, 0.25) is 5.60 Å². The van der Waals surface area contributed by atoms with Gasteiger partial charge in [-0.2, -0.15) is 0 Å². The number of fused-ring (bicyclic) bond motifs is 1. The molecular formula is C25H27N7O10S2. The summed E-state index contributed by atoms with van der Waals surface area (Å²) in [7, 11) is 0. The highest BCUT2D eigenvalue weighted by Gasteiger charge is 2.54. The third kappa shape index (κ3) is 6.78. The number of carboxylic acid groups (broad SMARTS) is 2. The molecule has 0 aliphatic carbocycles. The second-order valence-electron chi connectivity index (χ2n) is 9.87. The van der Waals surface area contributed by atoms with Crippen LogP contribution in [-0.2, 0) is 24.0 Å². The smallest absolute Gasteiger partial charge is 0.352 e. The van der Waals surface area contributed by atoms with Crippen LogP contribution in [0.25, 0.3) is 0 Å². The Morgan fingerprint density at radius 3 is 2.55 bits per heavy atom. The van der Waals surface area contributed by atoms with Crippen molar-refractivity contribution in [3.8, 4) is 11.5 Å². The predicted molar refractivity (Wildman–Crippen MR) is 157 cm³/mol. The molecule has 17 nitrogen and oxygen atoms in total. The number of nitrogen functional groups attached to an aromatic ring is 1. The fourth-order valence-electron chi connectivity index (χ4n) is 3.99.